The molecule has 0 nitrogen and oxygen atoms in total. The molecule has 0 atom stereocenters. The third-order valence-electron chi connectivity index (χ3n) is 3.71. The van der Waals surface area contributed by atoms with E-state index in [0.29, 0.717) is 0 Å². The Morgan fingerprint density at radius 1 is 0.421 bits per heavy atom. The maximum absolute atomic E-state index is 2.21. The summed E-state index contributed by atoms with van der Waals surface area (Å²) in [5.74, 6) is 0. The number of unbranched alkanes of at least 4 members (excludes halogenated alkanes) is 2. The van der Waals surface area contributed by atoms with Gasteiger partial charge < -0.3 is 0 Å². The topological polar surface area (TPSA) is 0 Å². The highest BCUT2D eigenvalue weighted by atomic mass is 14.0. The lowest BCUT2D eigenvalue weighted by Crippen LogP contribution is -1.85. The van der Waals surface area contributed by atoms with Crippen LogP contribution in [0.1, 0.15) is 124 Å². The molecule has 0 bridgehead atoms. The molecule has 19 heavy (non-hydrogen) atoms. The lowest BCUT2D eigenvalue weighted by molar-refractivity contribution is 0.504. The first-order chi connectivity index (χ1) is 9.41. The zero-order chi connectivity index (χ0) is 14.6. The molecule has 118 valence electrons. The summed E-state index contributed by atoms with van der Waals surface area (Å²) in [7, 11) is 0. The van der Waals surface area contributed by atoms with Gasteiger partial charge in [0.05, 0.1) is 0 Å². The fourth-order valence-corrected chi connectivity index (χ4v) is 2.47. The maximum Gasteiger partial charge on any atom is -0.0533 e. The van der Waals surface area contributed by atoms with E-state index in [4.69, 9.17) is 0 Å². The van der Waals surface area contributed by atoms with Crippen LogP contribution < -0.4 is 0 Å². The van der Waals surface area contributed by atoms with Gasteiger partial charge in [-0.2, -0.15) is 0 Å². The summed E-state index contributed by atoms with van der Waals surface area (Å²) in [6.45, 7) is 8.42. The van der Waals surface area contributed by atoms with Crippen molar-refractivity contribution in [2.75, 3.05) is 0 Å². The summed E-state index contributed by atoms with van der Waals surface area (Å²) in [5, 5.41) is 0. The van der Waals surface area contributed by atoms with Crippen molar-refractivity contribution in [1.82, 2.24) is 0 Å². The van der Waals surface area contributed by atoms with Gasteiger partial charge in [0.2, 0.25) is 0 Å². The second-order valence-corrected chi connectivity index (χ2v) is 5.60. The van der Waals surface area contributed by atoms with Crippen LogP contribution in [-0.2, 0) is 0 Å². The Kier molecular flexibility index (Phi) is 25.9. The Morgan fingerprint density at radius 3 is 0.632 bits per heavy atom. The SMILES string of the molecule is C1CCCCC1.C1CCCCC1.CC.CCCCC. The van der Waals surface area contributed by atoms with Crippen molar-refractivity contribution in [3.05, 3.63) is 0 Å². The summed E-state index contributed by atoms with van der Waals surface area (Å²) in [6, 6.07) is 0. The van der Waals surface area contributed by atoms with Crippen LogP contribution >= 0.6 is 0 Å². The van der Waals surface area contributed by atoms with Crippen molar-refractivity contribution >= 4 is 0 Å². The van der Waals surface area contributed by atoms with Crippen LogP contribution in [0.4, 0.5) is 0 Å². The minimum absolute atomic E-state index is 1.34. The number of rotatable bonds is 2. The van der Waals surface area contributed by atoms with Crippen LogP contribution in [0.3, 0.4) is 0 Å². The molecule has 0 N–H and O–H groups in total. The van der Waals surface area contributed by atoms with Crippen molar-refractivity contribution in [3.8, 4) is 0 Å². The predicted octanol–water partition coefficient (Wildman–Crippen LogP) is 7.90. The molecule has 0 aromatic rings. The van der Waals surface area contributed by atoms with E-state index >= 15 is 0 Å². The van der Waals surface area contributed by atoms with Gasteiger partial charge in [0, 0.05) is 0 Å². The average molecular weight is 271 g/mol. The van der Waals surface area contributed by atoms with E-state index in [-0.39, 0.29) is 0 Å². The summed E-state index contributed by atoms with van der Waals surface area (Å²) in [6.07, 6.45) is 22.1. The lowest BCUT2D eigenvalue weighted by atomic mass is 10.0. The Bertz CT molecular complexity index is 72.2. The number of hydrogen-bond donors (Lipinski definition) is 0. The fourth-order valence-electron chi connectivity index (χ4n) is 2.47. The van der Waals surface area contributed by atoms with E-state index in [2.05, 4.69) is 13.8 Å². The molecule has 2 aliphatic rings. The molecule has 0 radical (unpaired) electrons. The quantitative estimate of drug-likeness (QED) is 0.478. The molecule has 2 rings (SSSR count). The van der Waals surface area contributed by atoms with Crippen LogP contribution in [0, 0.1) is 0 Å². The van der Waals surface area contributed by atoms with Crippen molar-refractivity contribution in [1.29, 1.82) is 0 Å². The molecule has 2 aliphatic carbocycles. The van der Waals surface area contributed by atoms with Crippen LogP contribution in [0.5, 0.6) is 0 Å². The van der Waals surface area contributed by atoms with Gasteiger partial charge in [-0.1, -0.05) is 124 Å². The first-order valence-corrected chi connectivity index (χ1v) is 9.41. The highest BCUT2D eigenvalue weighted by Gasteiger charge is 1.96. The van der Waals surface area contributed by atoms with Gasteiger partial charge in [0.1, 0.15) is 0 Å². The van der Waals surface area contributed by atoms with E-state index in [0.717, 1.165) is 0 Å². The zero-order valence-electron chi connectivity index (χ0n) is 14.6. The van der Waals surface area contributed by atoms with Gasteiger partial charge in [-0.15, -0.1) is 0 Å². The highest BCUT2D eigenvalue weighted by Crippen LogP contribution is 2.15. The van der Waals surface area contributed by atoms with E-state index in [1.807, 2.05) is 13.8 Å². The molecule has 0 spiro atoms. The van der Waals surface area contributed by atoms with E-state index in [1.54, 1.807) is 0 Å². The molecule has 0 aromatic heterocycles. The Morgan fingerprint density at radius 2 is 0.579 bits per heavy atom. The first-order valence-electron chi connectivity index (χ1n) is 9.41. The Balaban J connectivity index is 0. The fraction of sp³-hybridized carbons (Fsp3) is 1.00. The normalized spacial score (nSPS) is 17.7. The monoisotopic (exact) mass is 270 g/mol. The first kappa shape index (κ1) is 21.3. The lowest BCUT2D eigenvalue weighted by Gasteiger charge is -2.05. The summed E-state index contributed by atoms with van der Waals surface area (Å²) in [5.41, 5.74) is 0. The third-order valence-corrected chi connectivity index (χ3v) is 3.71. The molecule has 2 fully saturated rings. The van der Waals surface area contributed by atoms with Gasteiger partial charge in [0.15, 0.2) is 0 Å². The standard InChI is InChI=1S/2C6H12.C5H12.C2H6/c2*1-2-4-6-5-3-1;1-3-5-4-2;1-2/h2*1-6H2;3-5H2,1-2H3;1-2H3. The molecule has 0 heterocycles. The second kappa shape index (κ2) is 23.1. The van der Waals surface area contributed by atoms with E-state index in [1.165, 1.54) is 96.3 Å². The molecule has 0 unspecified atom stereocenters. The second-order valence-electron chi connectivity index (χ2n) is 5.60. The zero-order valence-corrected chi connectivity index (χ0v) is 14.6. The van der Waals surface area contributed by atoms with Crippen LogP contribution in [0.2, 0.25) is 0 Å². The van der Waals surface area contributed by atoms with Gasteiger partial charge >= 0.3 is 0 Å². The largest absolute Gasteiger partial charge is 0.0683 e. The smallest absolute Gasteiger partial charge is 0.0533 e. The van der Waals surface area contributed by atoms with E-state index in [9.17, 15) is 0 Å². The van der Waals surface area contributed by atoms with Gasteiger partial charge in [-0.25, -0.2) is 0 Å². The van der Waals surface area contributed by atoms with Crippen molar-refractivity contribution in [2.45, 2.75) is 124 Å². The molecular formula is C19H42. The minimum Gasteiger partial charge on any atom is -0.0683 e. The predicted molar refractivity (Wildman–Crippen MR) is 92.0 cm³/mol. The summed E-state index contributed by atoms with van der Waals surface area (Å²) >= 11 is 0. The van der Waals surface area contributed by atoms with Crippen molar-refractivity contribution in [3.63, 3.8) is 0 Å². The van der Waals surface area contributed by atoms with E-state index < -0.39 is 0 Å². The molecule has 0 amide bonds. The summed E-state index contributed by atoms with van der Waals surface area (Å²) in [4.78, 5) is 0. The molecular weight excluding hydrogens is 228 g/mol. The highest BCUT2D eigenvalue weighted by molar-refractivity contribution is 4.51. The van der Waals surface area contributed by atoms with Crippen molar-refractivity contribution in [2.24, 2.45) is 0 Å². The molecule has 0 heteroatoms. The Labute approximate surface area is 124 Å². The molecule has 0 saturated heterocycles. The molecule has 0 aromatic carbocycles. The maximum atomic E-state index is 2.21. The van der Waals surface area contributed by atoms with Gasteiger partial charge in [0.25, 0.3) is 0 Å². The van der Waals surface area contributed by atoms with Crippen LogP contribution in [0.15, 0.2) is 0 Å². The molecule has 2 saturated carbocycles. The van der Waals surface area contributed by atoms with Gasteiger partial charge in [-0.05, 0) is 0 Å². The van der Waals surface area contributed by atoms with Crippen molar-refractivity contribution < 1.29 is 0 Å². The molecule has 0 aliphatic heterocycles. The van der Waals surface area contributed by atoms with Crippen LogP contribution in [-0.4, -0.2) is 0 Å². The minimum atomic E-state index is 1.34. The number of hydrogen-bond acceptors (Lipinski definition) is 0. The average Bonchev–Trinajstić information content (AvgIpc) is 2.55. The van der Waals surface area contributed by atoms with Crippen LogP contribution in [0.25, 0.3) is 0 Å². The third kappa shape index (κ3) is 23.5. The van der Waals surface area contributed by atoms with Gasteiger partial charge in [-0.3, -0.25) is 0 Å². The Hall–Kier alpha value is 0. The summed E-state index contributed by atoms with van der Waals surface area (Å²) < 4.78 is 0.